The van der Waals surface area contributed by atoms with Crippen LogP contribution in [0, 0.1) is 0 Å². The summed E-state index contributed by atoms with van der Waals surface area (Å²) in [6.07, 6.45) is -6.70. The molecule has 0 radical (unpaired) electrons. The normalized spacial score (nSPS) is 37.5. The third-order valence-corrected chi connectivity index (χ3v) is 10.5. The van der Waals surface area contributed by atoms with E-state index in [0.29, 0.717) is 0 Å². The summed E-state index contributed by atoms with van der Waals surface area (Å²) in [6, 6.07) is -1.02. The Kier molecular flexibility index (Phi) is 7.45. The molecule has 23 heteroatoms. The van der Waals surface area contributed by atoms with E-state index in [1.807, 2.05) is 0 Å². The molecule has 3 aliphatic rings. The molecule has 3 N–H and O–H groups in total. The minimum absolute atomic E-state index is 0.00864. The van der Waals surface area contributed by atoms with Crippen molar-refractivity contribution < 1.29 is 46.7 Å². The van der Waals surface area contributed by atoms with Crippen molar-refractivity contribution in [3.05, 3.63) is 46.0 Å². The highest BCUT2D eigenvalue weighted by molar-refractivity contribution is 8.07. The molecule has 0 aromatic carbocycles. The maximum atomic E-state index is 16.1. The quantitative estimate of drug-likeness (QED) is 0.221. The SMILES string of the molecule is Cn1cnc2c(ncn2[C@@H]2C[C@@H]3OP(O)(=S)O[C@H]4[C@@H](F)[C@H](n5cnc6c(=O)n(C)cnc65)O[C@@H]4COP(=O)(O)O[C@@H]2[C@H]3O)c1=O. The van der Waals surface area contributed by atoms with Crippen molar-refractivity contribution in [1.82, 2.24) is 38.2 Å². The van der Waals surface area contributed by atoms with E-state index in [0.717, 1.165) is 10.9 Å². The lowest BCUT2D eigenvalue weighted by atomic mass is 10.1. The number of hydrogen-bond acceptors (Lipinski definition) is 14. The summed E-state index contributed by atoms with van der Waals surface area (Å²) in [5, 5.41) is 11.1. The number of halogens is 1. The second-order valence-electron chi connectivity index (χ2n) is 10.8. The van der Waals surface area contributed by atoms with Crippen LogP contribution in [0.1, 0.15) is 18.7 Å². The molecule has 3 fully saturated rings. The van der Waals surface area contributed by atoms with E-state index in [4.69, 9.17) is 34.6 Å². The van der Waals surface area contributed by atoms with Gasteiger partial charge >= 0.3 is 14.5 Å². The fourth-order valence-corrected chi connectivity index (χ4v) is 8.52. The standard InChI is InChI=1S/C22H25FN8O11P2S/c1-28-5-26-18-13(20(28)33)24-7-30(18)9-3-10-15(32)16(9)41-43(35,36)38-4-11-17(42-44(37,45)40-10)12(23)22(39-11)31-8-25-14-19(31)27-6-29(2)21(14)34/h5-12,15-17,22,32H,3-4H2,1-2H3,(H,35,36)(H,37,45)/t9-,10+,11-,12-,15+,16+,17-,22-,44?/m1/s1. The van der Waals surface area contributed by atoms with E-state index >= 15 is 4.39 Å². The first-order valence-corrected chi connectivity index (χ1v) is 17.4. The molecule has 45 heavy (non-hydrogen) atoms. The Morgan fingerprint density at radius 3 is 2.13 bits per heavy atom. The van der Waals surface area contributed by atoms with Gasteiger partial charge in [0.05, 0.1) is 44.1 Å². The number of phosphoric acid groups is 1. The van der Waals surface area contributed by atoms with E-state index in [9.17, 15) is 29.0 Å². The van der Waals surface area contributed by atoms with Gasteiger partial charge in [-0.05, 0) is 11.8 Å². The summed E-state index contributed by atoms with van der Waals surface area (Å²) in [5.41, 5.74) is -0.949. The maximum absolute atomic E-state index is 16.1. The van der Waals surface area contributed by atoms with E-state index in [1.165, 1.54) is 46.8 Å². The average Bonchev–Trinajstić information content (AvgIpc) is 3.73. The van der Waals surface area contributed by atoms with Gasteiger partial charge in [0.15, 0.2) is 34.7 Å². The zero-order valence-corrected chi connectivity index (χ0v) is 25.8. The van der Waals surface area contributed by atoms with Gasteiger partial charge in [0.2, 0.25) is 0 Å². The summed E-state index contributed by atoms with van der Waals surface area (Å²) >= 11 is 5.21. The molecule has 1 aliphatic carbocycles. The molecule has 4 aromatic rings. The second kappa shape index (κ2) is 10.9. The molecular formula is C22H25FN8O11P2S. The van der Waals surface area contributed by atoms with Gasteiger partial charge in [0.1, 0.15) is 24.4 Å². The molecule has 2 unspecified atom stereocenters. The fourth-order valence-electron chi connectivity index (χ4n) is 5.76. The second-order valence-corrected chi connectivity index (χ2v) is 14.9. The van der Waals surface area contributed by atoms with Crippen molar-refractivity contribution in [2.75, 3.05) is 6.61 Å². The third-order valence-electron chi connectivity index (χ3n) is 7.94. The van der Waals surface area contributed by atoms with Crippen molar-refractivity contribution in [3.8, 4) is 0 Å². The lowest BCUT2D eigenvalue weighted by Gasteiger charge is -2.30. The molecular weight excluding hydrogens is 665 g/mol. The lowest BCUT2D eigenvalue weighted by Crippen LogP contribution is -2.37. The predicted molar refractivity (Wildman–Crippen MR) is 151 cm³/mol. The molecule has 4 aromatic heterocycles. The van der Waals surface area contributed by atoms with Crippen LogP contribution in [0.2, 0.25) is 0 Å². The van der Waals surface area contributed by atoms with Gasteiger partial charge in [-0.2, -0.15) is 0 Å². The number of alkyl halides is 1. The summed E-state index contributed by atoms with van der Waals surface area (Å²) < 4.78 is 61.8. The molecule has 0 spiro atoms. The number of aliphatic hydroxyl groups is 1. The van der Waals surface area contributed by atoms with Crippen molar-refractivity contribution in [1.29, 1.82) is 0 Å². The van der Waals surface area contributed by atoms with Crippen LogP contribution in [0.25, 0.3) is 22.3 Å². The largest absolute Gasteiger partial charge is 0.472 e. The van der Waals surface area contributed by atoms with Crippen LogP contribution in [-0.4, -0.2) is 96.4 Å². The van der Waals surface area contributed by atoms with Crippen LogP contribution < -0.4 is 11.1 Å². The van der Waals surface area contributed by atoms with E-state index in [2.05, 4.69) is 19.9 Å². The first-order valence-electron chi connectivity index (χ1n) is 13.3. The molecule has 242 valence electrons. The molecule has 10 atom stereocenters. The van der Waals surface area contributed by atoms with Crippen molar-refractivity contribution in [2.45, 2.75) is 55.4 Å². The number of nitrogens with zero attached hydrogens (tertiary/aromatic N) is 8. The highest BCUT2D eigenvalue weighted by Crippen LogP contribution is 2.57. The van der Waals surface area contributed by atoms with E-state index in [-0.39, 0.29) is 28.7 Å². The minimum Gasteiger partial charge on any atom is -0.388 e. The Balaban J connectivity index is 1.22. The van der Waals surface area contributed by atoms with E-state index < -0.39 is 81.2 Å². The Bertz CT molecular complexity index is 2040. The highest BCUT2D eigenvalue weighted by atomic mass is 32.5. The lowest BCUT2D eigenvalue weighted by molar-refractivity contribution is -0.0622. The summed E-state index contributed by atoms with van der Waals surface area (Å²) in [6.45, 7) is -5.17. The number of aliphatic hydroxyl groups excluding tert-OH is 1. The zero-order valence-electron chi connectivity index (χ0n) is 23.2. The number of aromatic nitrogens is 8. The number of hydrogen-bond donors (Lipinski definition) is 3. The van der Waals surface area contributed by atoms with Crippen molar-refractivity contribution >= 4 is 48.7 Å². The van der Waals surface area contributed by atoms with Crippen molar-refractivity contribution in [2.24, 2.45) is 14.1 Å². The number of aryl methyl sites for hydroxylation is 2. The molecule has 19 nitrogen and oxygen atoms in total. The third kappa shape index (κ3) is 5.21. The fraction of sp³-hybridized carbons (Fsp3) is 0.545. The number of ether oxygens (including phenoxy) is 1. The monoisotopic (exact) mass is 690 g/mol. The smallest absolute Gasteiger partial charge is 0.388 e. The number of fused-ring (bicyclic) bond motifs is 5. The molecule has 2 saturated heterocycles. The van der Waals surface area contributed by atoms with Crippen LogP contribution in [0.4, 0.5) is 4.39 Å². The Morgan fingerprint density at radius 2 is 1.49 bits per heavy atom. The number of imidazole rings is 2. The summed E-state index contributed by atoms with van der Waals surface area (Å²) in [5.74, 6) is 0. The average molecular weight is 691 g/mol. The van der Waals surface area contributed by atoms with Crippen molar-refractivity contribution in [3.63, 3.8) is 0 Å². The van der Waals surface area contributed by atoms with Crippen LogP contribution >= 0.6 is 14.5 Å². The molecule has 2 bridgehead atoms. The summed E-state index contributed by atoms with van der Waals surface area (Å²) in [7, 11) is -2.07. The first kappa shape index (κ1) is 30.8. The van der Waals surface area contributed by atoms with E-state index in [1.54, 1.807) is 0 Å². The maximum Gasteiger partial charge on any atom is 0.472 e. The van der Waals surface area contributed by atoms with Crippen LogP contribution in [0.5, 0.6) is 0 Å². The Hall–Kier alpha value is -2.81. The Labute approximate surface area is 255 Å². The van der Waals surface area contributed by atoms with Gasteiger partial charge < -0.3 is 37.9 Å². The van der Waals surface area contributed by atoms with Gasteiger partial charge in [-0.25, -0.2) is 28.9 Å². The minimum atomic E-state index is -5.02. The predicted octanol–water partition coefficient (Wildman–Crippen LogP) is -0.682. The Morgan fingerprint density at radius 1 is 0.889 bits per heavy atom. The highest BCUT2D eigenvalue weighted by Gasteiger charge is 2.54. The molecule has 0 amide bonds. The van der Waals surface area contributed by atoms with Gasteiger partial charge in [0.25, 0.3) is 11.1 Å². The van der Waals surface area contributed by atoms with Crippen LogP contribution in [-0.2, 0) is 53.3 Å². The van der Waals surface area contributed by atoms with Crippen LogP contribution in [0.15, 0.2) is 34.9 Å². The van der Waals surface area contributed by atoms with Crippen LogP contribution in [0.3, 0.4) is 0 Å². The summed E-state index contributed by atoms with van der Waals surface area (Å²) in [4.78, 5) is 63.2. The number of rotatable bonds is 2. The first-order chi connectivity index (χ1) is 21.2. The number of phosphoric ester groups is 1. The van der Waals surface area contributed by atoms with Gasteiger partial charge in [-0.15, -0.1) is 0 Å². The van der Waals surface area contributed by atoms with Gasteiger partial charge in [-0.3, -0.25) is 27.7 Å². The van der Waals surface area contributed by atoms with Gasteiger partial charge in [0, 0.05) is 20.5 Å². The molecule has 6 heterocycles. The van der Waals surface area contributed by atoms with Gasteiger partial charge in [-0.1, -0.05) is 0 Å². The molecule has 1 saturated carbocycles. The zero-order chi connectivity index (χ0) is 32.0. The molecule has 2 aliphatic heterocycles. The molecule has 7 rings (SSSR count). The topological polar surface area (TPSA) is 229 Å².